The summed E-state index contributed by atoms with van der Waals surface area (Å²) in [6.07, 6.45) is 9.93. The van der Waals surface area contributed by atoms with E-state index in [-0.39, 0.29) is 5.91 Å². The minimum absolute atomic E-state index is 0.0471. The van der Waals surface area contributed by atoms with Crippen molar-refractivity contribution < 1.29 is 9.53 Å². The maximum atomic E-state index is 13.2. The molecule has 1 aliphatic heterocycles. The second kappa shape index (κ2) is 9.07. The monoisotopic (exact) mass is 472 g/mol. The molecule has 3 heterocycles. The predicted molar refractivity (Wildman–Crippen MR) is 133 cm³/mol. The highest BCUT2D eigenvalue weighted by Gasteiger charge is 2.34. The maximum Gasteiger partial charge on any atom is 0.254 e. The van der Waals surface area contributed by atoms with Crippen molar-refractivity contribution in [3.05, 3.63) is 53.0 Å². The first kappa shape index (κ1) is 22.2. The number of aryl methyl sites for hydroxylation is 2. The van der Waals surface area contributed by atoms with Gasteiger partial charge in [0.2, 0.25) is 0 Å². The molecule has 0 spiro atoms. The van der Waals surface area contributed by atoms with Crippen molar-refractivity contribution in [2.45, 2.75) is 57.4 Å². The molecule has 1 aromatic carbocycles. The van der Waals surface area contributed by atoms with E-state index in [9.17, 15) is 4.79 Å². The van der Waals surface area contributed by atoms with Crippen LogP contribution in [0.2, 0.25) is 0 Å². The van der Waals surface area contributed by atoms with Gasteiger partial charge in [-0.3, -0.25) is 9.69 Å². The number of fused-ring (bicyclic) bond motifs is 3. The third-order valence-electron chi connectivity index (χ3n) is 7.70. The Labute approximate surface area is 205 Å². The van der Waals surface area contributed by atoms with Crippen LogP contribution in [0.4, 0.5) is 0 Å². The molecule has 3 aliphatic rings. The third kappa shape index (κ3) is 4.10. The number of hydrogen-bond acceptors (Lipinski definition) is 6. The Morgan fingerprint density at radius 2 is 2.03 bits per heavy atom. The minimum atomic E-state index is -0.0471. The van der Waals surface area contributed by atoms with Crippen LogP contribution in [-0.2, 0) is 12.8 Å². The van der Waals surface area contributed by atoms with Gasteiger partial charge in [0.15, 0.2) is 0 Å². The van der Waals surface area contributed by atoms with Crippen molar-refractivity contribution in [1.82, 2.24) is 30.0 Å². The van der Waals surface area contributed by atoms with Crippen LogP contribution in [0.1, 0.15) is 65.7 Å². The number of aromatic nitrogens is 4. The summed E-state index contributed by atoms with van der Waals surface area (Å²) in [6, 6.07) is 6.59. The summed E-state index contributed by atoms with van der Waals surface area (Å²) >= 11 is 0. The molecule has 8 heteroatoms. The molecule has 1 saturated heterocycles. The molecule has 2 fully saturated rings. The van der Waals surface area contributed by atoms with E-state index < -0.39 is 0 Å². The normalized spacial score (nSPS) is 19.3. The van der Waals surface area contributed by atoms with E-state index in [4.69, 9.17) is 9.72 Å². The molecular formula is C27H32N6O2. The number of likely N-dealkylation sites (tertiary alicyclic amines) is 1. The van der Waals surface area contributed by atoms with E-state index in [1.54, 1.807) is 18.0 Å². The molecular weight excluding hydrogens is 440 g/mol. The summed E-state index contributed by atoms with van der Waals surface area (Å²) in [6.45, 7) is 5.00. The van der Waals surface area contributed by atoms with Crippen LogP contribution in [0.15, 0.2) is 30.6 Å². The van der Waals surface area contributed by atoms with Crippen molar-refractivity contribution in [2.24, 2.45) is 0 Å². The van der Waals surface area contributed by atoms with Gasteiger partial charge in [0, 0.05) is 30.3 Å². The van der Waals surface area contributed by atoms with E-state index in [0.717, 1.165) is 73.5 Å². The largest absolute Gasteiger partial charge is 0.497 e. The van der Waals surface area contributed by atoms with Gasteiger partial charge in [-0.25, -0.2) is 14.6 Å². The molecule has 1 N–H and O–H groups in total. The number of carbonyl (C=O) groups is 1. The van der Waals surface area contributed by atoms with Crippen molar-refractivity contribution in [1.29, 1.82) is 0 Å². The van der Waals surface area contributed by atoms with E-state index in [0.29, 0.717) is 30.0 Å². The lowest BCUT2D eigenvalue weighted by molar-refractivity contribution is 0.0940. The van der Waals surface area contributed by atoms with Crippen molar-refractivity contribution in [3.63, 3.8) is 0 Å². The number of rotatable bonds is 7. The molecule has 1 amide bonds. The number of amides is 1. The van der Waals surface area contributed by atoms with Crippen LogP contribution in [0, 0.1) is 0 Å². The highest BCUT2D eigenvalue weighted by atomic mass is 16.5. The number of methoxy groups -OCH3 is 1. The van der Waals surface area contributed by atoms with Crippen molar-refractivity contribution >= 4 is 5.91 Å². The standard InChI is InChI=1S/C27H32N6O2/c1-3-32-12-4-5-20(32)15-28-26(34)23-16-30-33(25(23)18-7-8-18)27-29-14-19-9-6-17-10-11-21(35-2)13-22(17)24(19)31-27/h10-11,13-14,16,18,20H,3-9,12,15H2,1-2H3,(H,28,34)/t20-/m0/s1. The van der Waals surface area contributed by atoms with Crippen LogP contribution >= 0.6 is 0 Å². The molecule has 1 atom stereocenters. The molecule has 3 aromatic rings. The van der Waals surface area contributed by atoms with Gasteiger partial charge < -0.3 is 10.1 Å². The summed E-state index contributed by atoms with van der Waals surface area (Å²) in [7, 11) is 1.68. The Morgan fingerprint density at radius 3 is 2.83 bits per heavy atom. The smallest absolute Gasteiger partial charge is 0.254 e. The number of ether oxygens (including phenoxy) is 1. The summed E-state index contributed by atoms with van der Waals surface area (Å²) in [4.78, 5) is 25.3. The quantitative estimate of drug-likeness (QED) is 0.566. The zero-order valence-electron chi connectivity index (χ0n) is 20.5. The van der Waals surface area contributed by atoms with Gasteiger partial charge in [0.25, 0.3) is 11.9 Å². The van der Waals surface area contributed by atoms with Gasteiger partial charge >= 0.3 is 0 Å². The van der Waals surface area contributed by atoms with Gasteiger partial charge in [-0.2, -0.15) is 5.10 Å². The summed E-state index contributed by atoms with van der Waals surface area (Å²) in [5, 5.41) is 7.79. The van der Waals surface area contributed by atoms with Crippen LogP contribution in [0.5, 0.6) is 5.75 Å². The highest BCUT2D eigenvalue weighted by molar-refractivity contribution is 5.95. The Kier molecular flexibility index (Phi) is 5.76. The third-order valence-corrected chi connectivity index (χ3v) is 7.70. The second-order valence-corrected chi connectivity index (χ2v) is 9.83. The van der Waals surface area contributed by atoms with Gasteiger partial charge in [-0.1, -0.05) is 13.0 Å². The fraction of sp³-hybridized carbons (Fsp3) is 0.481. The van der Waals surface area contributed by atoms with Crippen LogP contribution in [0.3, 0.4) is 0 Å². The molecule has 2 aromatic heterocycles. The number of benzene rings is 1. The molecule has 0 radical (unpaired) electrons. The molecule has 0 unspecified atom stereocenters. The summed E-state index contributed by atoms with van der Waals surface area (Å²) in [5.41, 5.74) is 5.99. The van der Waals surface area contributed by atoms with Gasteiger partial charge in [-0.15, -0.1) is 0 Å². The first-order valence-electron chi connectivity index (χ1n) is 12.8. The lowest BCUT2D eigenvalue weighted by atomic mass is 9.90. The van der Waals surface area contributed by atoms with Gasteiger partial charge in [0.1, 0.15) is 5.75 Å². The average Bonchev–Trinajstić information content (AvgIpc) is 3.46. The van der Waals surface area contributed by atoms with Crippen LogP contribution < -0.4 is 10.1 Å². The van der Waals surface area contributed by atoms with Crippen LogP contribution in [0.25, 0.3) is 17.2 Å². The molecule has 35 heavy (non-hydrogen) atoms. The Balaban J connectivity index is 1.31. The molecule has 6 rings (SSSR count). The van der Waals surface area contributed by atoms with Crippen LogP contribution in [-0.4, -0.2) is 63.3 Å². The Hall–Kier alpha value is -3.26. The maximum absolute atomic E-state index is 13.2. The number of nitrogens with one attached hydrogen (secondary N) is 1. The highest BCUT2D eigenvalue weighted by Crippen LogP contribution is 2.42. The van der Waals surface area contributed by atoms with E-state index in [1.165, 1.54) is 12.0 Å². The zero-order chi connectivity index (χ0) is 23.9. The zero-order valence-corrected chi connectivity index (χ0v) is 20.5. The summed E-state index contributed by atoms with van der Waals surface area (Å²) in [5.74, 6) is 1.61. The molecule has 182 valence electrons. The Bertz CT molecular complexity index is 1260. The number of likely N-dealkylation sites (N-methyl/N-ethyl adjacent to an activating group) is 1. The average molecular weight is 473 g/mol. The second-order valence-electron chi connectivity index (χ2n) is 9.83. The molecule has 0 bridgehead atoms. The first-order chi connectivity index (χ1) is 17.2. The van der Waals surface area contributed by atoms with E-state index >= 15 is 0 Å². The van der Waals surface area contributed by atoms with E-state index in [2.05, 4.69) is 39.4 Å². The summed E-state index contributed by atoms with van der Waals surface area (Å²) < 4.78 is 7.25. The fourth-order valence-electron chi connectivity index (χ4n) is 5.60. The minimum Gasteiger partial charge on any atom is -0.497 e. The Morgan fingerprint density at radius 1 is 1.17 bits per heavy atom. The predicted octanol–water partition coefficient (Wildman–Crippen LogP) is 3.53. The number of carbonyl (C=O) groups excluding carboxylic acids is 1. The SMILES string of the molecule is CCN1CCC[C@H]1CNC(=O)c1cnn(-c2ncc3c(n2)-c2cc(OC)ccc2CC3)c1C1CC1. The lowest BCUT2D eigenvalue weighted by Gasteiger charge is -2.22. The van der Waals surface area contributed by atoms with E-state index in [1.807, 2.05) is 12.3 Å². The fourth-order valence-corrected chi connectivity index (χ4v) is 5.60. The number of nitrogens with zero attached hydrogens (tertiary/aromatic N) is 5. The van der Waals surface area contributed by atoms with Gasteiger partial charge in [-0.05, 0) is 74.9 Å². The first-order valence-corrected chi connectivity index (χ1v) is 12.8. The van der Waals surface area contributed by atoms with Gasteiger partial charge in [0.05, 0.1) is 30.3 Å². The van der Waals surface area contributed by atoms with Crippen molar-refractivity contribution in [2.75, 3.05) is 26.7 Å². The van der Waals surface area contributed by atoms with Crippen molar-refractivity contribution in [3.8, 4) is 23.0 Å². The lowest BCUT2D eigenvalue weighted by Crippen LogP contribution is -2.40. The number of hydrogen-bond donors (Lipinski definition) is 1. The topological polar surface area (TPSA) is 85.2 Å². The molecule has 2 aliphatic carbocycles. The molecule has 1 saturated carbocycles. The molecule has 8 nitrogen and oxygen atoms in total.